The number of hydrogen-bond acceptors (Lipinski definition) is 6. The van der Waals surface area contributed by atoms with E-state index in [1.165, 1.54) is 36.2 Å². The lowest BCUT2D eigenvalue weighted by Crippen LogP contribution is -2.11. The molecule has 0 aliphatic rings. The first-order valence-electron chi connectivity index (χ1n) is 10.1. The van der Waals surface area contributed by atoms with Gasteiger partial charge in [0.1, 0.15) is 35.0 Å². The summed E-state index contributed by atoms with van der Waals surface area (Å²) in [4.78, 5) is 9.36. The van der Waals surface area contributed by atoms with Crippen molar-refractivity contribution in [3.8, 4) is 24.2 Å². The van der Waals surface area contributed by atoms with Gasteiger partial charge in [-0.2, -0.15) is 5.26 Å². The van der Waals surface area contributed by atoms with Crippen LogP contribution in [-0.4, -0.2) is 29.5 Å². The molecule has 0 aliphatic carbocycles. The SMILES string of the molecule is C#C/C=C(\C=C/CC#N)OCC(/C=C(/CCc1ccc(F)cc1)Sc1ccc(O)cn1)N=C. The molecule has 0 radical (unpaired) electrons. The fourth-order valence-electron chi connectivity index (χ4n) is 2.65. The van der Waals surface area contributed by atoms with Crippen molar-refractivity contribution in [2.45, 2.75) is 30.3 Å². The molecule has 33 heavy (non-hydrogen) atoms. The quantitative estimate of drug-likeness (QED) is 0.146. The number of aromatic nitrogens is 1. The van der Waals surface area contributed by atoms with Crippen molar-refractivity contribution in [3.63, 3.8) is 0 Å². The van der Waals surface area contributed by atoms with Crippen LogP contribution in [0, 0.1) is 29.5 Å². The first-order valence-corrected chi connectivity index (χ1v) is 10.9. The molecule has 5 nitrogen and oxygen atoms in total. The van der Waals surface area contributed by atoms with Gasteiger partial charge in [-0.1, -0.05) is 35.9 Å². The van der Waals surface area contributed by atoms with Crippen LogP contribution < -0.4 is 0 Å². The van der Waals surface area contributed by atoms with E-state index >= 15 is 0 Å². The van der Waals surface area contributed by atoms with Gasteiger partial charge in [0.15, 0.2) is 0 Å². The van der Waals surface area contributed by atoms with Crippen LogP contribution in [0.25, 0.3) is 0 Å². The highest BCUT2D eigenvalue weighted by molar-refractivity contribution is 8.03. The molecule has 1 heterocycles. The first-order chi connectivity index (χ1) is 16.0. The number of nitrogens with zero attached hydrogens (tertiary/aromatic N) is 3. The largest absolute Gasteiger partial charge is 0.506 e. The van der Waals surface area contributed by atoms with E-state index in [0.717, 1.165) is 10.5 Å². The van der Waals surface area contributed by atoms with Gasteiger partial charge < -0.3 is 9.84 Å². The molecule has 1 aromatic heterocycles. The van der Waals surface area contributed by atoms with Crippen molar-refractivity contribution in [1.29, 1.82) is 5.26 Å². The van der Waals surface area contributed by atoms with Crippen molar-refractivity contribution in [2.24, 2.45) is 4.99 Å². The number of aromatic hydroxyl groups is 1. The van der Waals surface area contributed by atoms with Gasteiger partial charge in [-0.25, -0.2) is 9.37 Å². The lowest BCUT2D eigenvalue weighted by molar-refractivity contribution is 0.218. The van der Waals surface area contributed by atoms with Gasteiger partial charge in [0.2, 0.25) is 0 Å². The second-order valence-electron chi connectivity index (χ2n) is 6.76. The van der Waals surface area contributed by atoms with Crippen molar-refractivity contribution in [2.75, 3.05) is 6.61 Å². The molecule has 1 unspecified atom stereocenters. The Hall–Kier alpha value is -3.81. The summed E-state index contributed by atoms with van der Waals surface area (Å²) in [6, 6.07) is 11.4. The number of aliphatic imine (C=N–C) groups is 1. The number of allylic oxidation sites excluding steroid dienone is 4. The molecule has 1 atom stereocenters. The molecule has 1 N–H and O–H groups in total. The second-order valence-corrected chi connectivity index (χ2v) is 7.90. The van der Waals surface area contributed by atoms with Crippen LogP contribution in [0.3, 0.4) is 0 Å². The fraction of sp³-hybridized carbons (Fsp3) is 0.192. The standard InChI is InChI=1S/C26H24FN3O2S/c1-3-6-24(7-4-5-16-28)32-19-22(29-2)17-25(33-26-15-13-23(31)18-30-26)14-10-20-8-11-21(27)12-9-20/h1,4,6-9,11-13,15,17-18,22,31H,2,5,10,14,19H2/b7-4-,24-6+,25-17-. The third kappa shape index (κ3) is 9.90. The molecule has 0 aliphatic heterocycles. The van der Waals surface area contributed by atoms with Gasteiger partial charge in [-0.15, -0.1) is 6.42 Å². The average Bonchev–Trinajstić information content (AvgIpc) is 2.82. The molecule has 7 heteroatoms. The molecular weight excluding hydrogens is 437 g/mol. The van der Waals surface area contributed by atoms with Crippen LogP contribution in [-0.2, 0) is 11.2 Å². The minimum absolute atomic E-state index is 0.0903. The number of aryl methyl sites for hydroxylation is 1. The minimum Gasteiger partial charge on any atom is -0.506 e. The third-order valence-corrected chi connectivity index (χ3v) is 5.33. The minimum atomic E-state index is -0.358. The van der Waals surface area contributed by atoms with Crippen LogP contribution in [0.5, 0.6) is 5.75 Å². The molecule has 168 valence electrons. The molecule has 0 saturated heterocycles. The number of ether oxygens (including phenoxy) is 1. The van der Waals surface area contributed by atoms with E-state index in [0.29, 0.717) is 23.6 Å². The van der Waals surface area contributed by atoms with E-state index < -0.39 is 0 Å². The Balaban J connectivity index is 2.15. The zero-order valence-electron chi connectivity index (χ0n) is 18.0. The summed E-state index contributed by atoms with van der Waals surface area (Å²) in [5, 5.41) is 18.9. The molecule has 0 amide bonds. The van der Waals surface area contributed by atoms with Crippen molar-refractivity contribution in [1.82, 2.24) is 4.98 Å². The normalized spacial score (nSPS) is 12.7. The highest BCUT2D eigenvalue weighted by Gasteiger charge is 2.10. The number of pyridine rings is 1. The summed E-state index contributed by atoms with van der Waals surface area (Å²) in [6.07, 6.45) is 15.1. The lowest BCUT2D eigenvalue weighted by Gasteiger charge is -2.14. The van der Waals surface area contributed by atoms with Gasteiger partial charge >= 0.3 is 0 Å². The summed E-state index contributed by atoms with van der Waals surface area (Å²) < 4.78 is 19.0. The van der Waals surface area contributed by atoms with Gasteiger partial charge in [-0.05, 0) is 66.4 Å². The Kier molecular flexibility index (Phi) is 11.0. The molecule has 0 spiro atoms. The maximum absolute atomic E-state index is 13.2. The van der Waals surface area contributed by atoms with Crippen molar-refractivity contribution >= 4 is 18.5 Å². The van der Waals surface area contributed by atoms with E-state index in [9.17, 15) is 9.50 Å². The number of benzene rings is 1. The Morgan fingerprint density at radius 1 is 1.33 bits per heavy atom. The number of nitriles is 1. The topological polar surface area (TPSA) is 78.5 Å². The molecule has 2 rings (SSSR count). The Bertz CT molecular complexity index is 1080. The molecular formula is C26H24FN3O2S. The summed E-state index contributed by atoms with van der Waals surface area (Å²) >= 11 is 1.45. The summed E-state index contributed by atoms with van der Waals surface area (Å²) in [5.41, 5.74) is 1.00. The number of hydrogen-bond donors (Lipinski definition) is 1. The van der Waals surface area contributed by atoms with Gasteiger partial charge in [0.05, 0.1) is 18.7 Å². The zero-order valence-corrected chi connectivity index (χ0v) is 18.8. The average molecular weight is 462 g/mol. The molecule has 0 bridgehead atoms. The van der Waals surface area contributed by atoms with E-state index in [2.05, 4.69) is 22.6 Å². The monoisotopic (exact) mass is 461 g/mol. The molecule has 0 fully saturated rings. The first kappa shape index (κ1) is 25.5. The molecule has 1 aromatic carbocycles. The summed E-state index contributed by atoms with van der Waals surface area (Å²) in [7, 11) is 0. The maximum Gasteiger partial charge on any atom is 0.133 e. The van der Waals surface area contributed by atoms with Crippen LogP contribution in [0.15, 0.2) is 87.6 Å². The second kappa shape index (κ2) is 14.3. The third-order valence-electron chi connectivity index (χ3n) is 4.28. The van der Waals surface area contributed by atoms with Gasteiger partial charge in [0.25, 0.3) is 0 Å². The van der Waals surface area contributed by atoms with E-state index in [1.54, 1.807) is 36.4 Å². The zero-order chi connectivity index (χ0) is 23.9. The van der Waals surface area contributed by atoms with Crippen LogP contribution in [0.1, 0.15) is 18.4 Å². The van der Waals surface area contributed by atoms with Gasteiger partial charge in [0, 0.05) is 6.08 Å². The van der Waals surface area contributed by atoms with Crippen molar-refractivity contribution in [3.05, 3.63) is 88.9 Å². The van der Waals surface area contributed by atoms with Gasteiger partial charge in [-0.3, -0.25) is 4.99 Å². The Morgan fingerprint density at radius 3 is 2.76 bits per heavy atom. The summed E-state index contributed by atoms with van der Waals surface area (Å²) in [5.74, 6) is 2.69. The highest BCUT2D eigenvalue weighted by Crippen LogP contribution is 2.30. The molecule has 0 saturated carbocycles. The Morgan fingerprint density at radius 2 is 2.12 bits per heavy atom. The van der Waals surface area contributed by atoms with E-state index in [-0.39, 0.29) is 30.6 Å². The van der Waals surface area contributed by atoms with Crippen LogP contribution in [0.4, 0.5) is 4.39 Å². The predicted molar refractivity (Wildman–Crippen MR) is 130 cm³/mol. The Labute approximate surface area is 198 Å². The van der Waals surface area contributed by atoms with Crippen LogP contribution >= 0.6 is 11.8 Å². The number of terminal acetylenes is 1. The fourth-order valence-corrected chi connectivity index (χ4v) is 3.59. The van der Waals surface area contributed by atoms with E-state index in [1.807, 2.05) is 12.1 Å². The highest BCUT2D eigenvalue weighted by atomic mass is 32.2. The number of thioether (sulfide) groups is 1. The summed E-state index contributed by atoms with van der Waals surface area (Å²) in [6.45, 7) is 3.87. The van der Waals surface area contributed by atoms with E-state index in [4.69, 9.17) is 16.4 Å². The van der Waals surface area contributed by atoms with Crippen LogP contribution in [0.2, 0.25) is 0 Å². The number of rotatable bonds is 12. The molecule has 2 aromatic rings. The smallest absolute Gasteiger partial charge is 0.133 e. The lowest BCUT2D eigenvalue weighted by atomic mass is 10.1. The number of halogens is 1. The maximum atomic E-state index is 13.2. The predicted octanol–water partition coefficient (Wildman–Crippen LogP) is 5.61. The van der Waals surface area contributed by atoms with Crippen molar-refractivity contribution < 1.29 is 14.2 Å².